The molecule has 23 heavy (non-hydrogen) atoms. The van der Waals surface area contributed by atoms with Crippen molar-refractivity contribution in [2.45, 2.75) is 19.3 Å². The summed E-state index contributed by atoms with van der Waals surface area (Å²) < 4.78 is 1.60. The summed E-state index contributed by atoms with van der Waals surface area (Å²) >= 11 is 1.44. The fourth-order valence-electron chi connectivity index (χ4n) is 2.90. The van der Waals surface area contributed by atoms with Crippen molar-refractivity contribution in [2.24, 2.45) is 7.05 Å². The summed E-state index contributed by atoms with van der Waals surface area (Å²) in [6, 6.07) is 6.54. The van der Waals surface area contributed by atoms with E-state index in [2.05, 4.69) is 33.6 Å². The Labute approximate surface area is 138 Å². The molecule has 2 heterocycles. The number of hydrogen-bond acceptors (Lipinski definition) is 4. The first-order valence-electron chi connectivity index (χ1n) is 7.57. The summed E-state index contributed by atoms with van der Waals surface area (Å²) in [7, 11) is 1.78. The molecule has 2 aromatic heterocycles. The molecule has 0 bridgehead atoms. The lowest BCUT2D eigenvalue weighted by atomic mass is 10.1. The zero-order chi connectivity index (χ0) is 15.8. The third kappa shape index (κ3) is 2.77. The van der Waals surface area contributed by atoms with Gasteiger partial charge in [0.15, 0.2) is 5.13 Å². The van der Waals surface area contributed by atoms with Crippen LogP contribution in [0.1, 0.15) is 27.9 Å². The van der Waals surface area contributed by atoms with Crippen molar-refractivity contribution in [3.05, 3.63) is 52.7 Å². The van der Waals surface area contributed by atoms with Gasteiger partial charge in [0, 0.05) is 24.2 Å². The Morgan fingerprint density at radius 2 is 2.17 bits per heavy atom. The number of amides is 1. The van der Waals surface area contributed by atoms with Crippen LogP contribution in [-0.4, -0.2) is 20.7 Å². The predicted molar refractivity (Wildman–Crippen MR) is 90.7 cm³/mol. The lowest BCUT2D eigenvalue weighted by Crippen LogP contribution is -2.10. The Morgan fingerprint density at radius 1 is 1.30 bits per heavy atom. The van der Waals surface area contributed by atoms with Crippen molar-refractivity contribution in [2.75, 3.05) is 5.32 Å². The van der Waals surface area contributed by atoms with Crippen LogP contribution < -0.4 is 5.32 Å². The first-order valence-corrected chi connectivity index (χ1v) is 8.45. The molecule has 0 aliphatic heterocycles. The maximum absolute atomic E-state index is 12.1. The number of rotatable bonds is 3. The zero-order valence-electron chi connectivity index (χ0n) is 12.7. The third-order valence-electron chi connectivity index (χ3n) is 4.09. The van der Waals surface area contributed by atoms with Crippen LogP contribution in [0.2, 0.25) is 0 Å². The molecular formula is C17H16N4OS. The highest BCUT2D eigenvalue weighted by molar-refractivity contribution is 7.14. The lowest BCUT2D eigenvalue weighted by molar-refractivity contribution is 0.102. The fraction of sp³-hybridized carbons (Fsp3) is 0.235. The minimum atomic E-state index is -0.187. The van der Waals surface area contributed by atoms with E-state index in [0.717, 1.165) is 17.7 Å². The minimum Gasteiger partial charge on any atom is -0.298 e. The van der Waals surface area contributed by atoms with E-state index in [4.69, 9.17) is 0 Å². The van der Waals surface area contributed by atoms with Gasteiger partial charge in [0.1, 0.15) is 0 Å². The summed E-state index contributed by atoms with van der Waals surface area (Å²) in [5.41, 5.74) is 5.43. The standard InChI is InChI=1S/C17H16N4OS/c1-21-9-14(8-18-21)16(22)20-17-19-15(10-23-17)13-6-5-11-3-2-4-12(11)7-13/h5-10H,2-4H2,1H3,(H,19,20,22). The Kier molecular flexibility index (Phi) is 3.46. The monoisotopic (exact) mass is 324 g/mol. The quantitative estimate of drug-likeness (QED) is 0.804. The van der Waals surface area contributed by atoms with Gasteiger partial charge in [-0.15, -0.1) is 11.3 Å². The summed E-state index contributed by atoms with van der Waals surface area (Å²) in [6.07, 6.45) is 6.80. The number of benzene rings is 1. The van der Waals surface area contributed by atoms with Crippen LogP contribution in [0, 0.1) is 0 Å². The molecule has 1 N–H and O–H groups in total. The normalized spacial score (nSPS) is 13.1. The molecule has 1 aliphatic rings. The number of hydrogen-bond donors (Lipinski definition) is 1. The van der Waals surface area contributed by atoms with Crippen LogP contribution in [-0.2, 0) is 19.9 Å². The van der Waals surface area contributed by atoms with E-state index in [9.17, 15) is 4.79 Å². The van der Waals surface area contributed by atoms with Crippen LogP contribution in [0.5, 0.6) is 0 Å². The van der Waals surface area contributed by atoms with Crippen molar-refractivity contribution in [3.63, 3.8) is 0 Å². The van der Waals surface area contributed by atoms with E-state index < -0.39 is 0 Å². The molecule has 1 amide bonds. The summed E-state index contributed by atoms with van der Waals surface area (Å²) in [6.45, 7) is 0. The number of carbonyl (C=O) groups excluding carboxylic acids is 1. The number of nitrogens with zero attached hydrogens (tertiary/aromatic N) is 3. The maximum Gasteiger partial charge on any atom is 0.260 e. The largest absolute Gasteiger partial charge is 0.298 e. The van der Waals surface area contributed by atoms with Crippen LogP contribution >= 0.6 is 11.3 Å². The van der Waals surface area contributed by atoms with Gasteiger partial charge in [0.2, 0.25) is 0 Å². The van der Waals surface area contributed by atoms with Gasteiger partial charge in [0.25, 0.3) is 5.91 Å². The number of fused-ring (bicyclic) bond motifs is 1. The minimum absolute atomic E-state index is 0.187. The van der Waals surface area contributed by atoms with Gasteiger partial charge < -0.3 is 0 Å². The summed E-state index contributed by atoms with van der Waals surface area (Å²) in [5, 5.41) is 9.42. The molecule has 0 spiro atoms. The van der Waals surface area contributed by atoms with Crippen LogP contribution in [0.4, 0.5) is 5.13 Å². The first kappa shape index (κ1) is 14.1. The molecule has 0 fully saturated rings. The van der Waals surface area contributed by atoms with Gasteiger partial charge in [-0.05, 0) is 36.5 Å². The van der Waals surface area contributed by atoms with E-state index in [1.165, 1.54) is 35.3 Å². The molecule has 0 saturated carbocycles. The van der Waals surface area contributed by atoms with Crippen LogP contribution in [0.15, 0.2) is 36.0 Å². The van der Waals surface area contributed by atoms with Gasteiger partial charge in [-0.3, -0.25) is 14.8 Å². The number of carbonyl (C=O) groups is 1. The van der Waals surface area contributed by atoms with Gasteiger partial charge in [0.05, 0.1) is 17.5 Å². The third-order valence-corrected chi connectivity index (χ3v) is 4.84. The Bertz CT molecular complexity index is 880. The highest BCUT2D eigenvalue weighted by atomic mass is 32.1. The Hall–Kier alpha value is -2.47. The summed E-state index contributed by atoms with van der Waals surface area (Å²) in [4.78, 5) is 16.7. The molecule has 0 unspecified atom stereocenters. The highest BCUT2D eigenvalue weighted by Gasteiger charge is 2.14. The zero-order valence-corrected chi connectivity index (χ0v) is 13.6. The molecule has 6 heteroatoms. The van der Waals surface area contributed by atoms with E-state index in [0.29, 0.717) is 10.7 Å². The molecule has 116 valence electrons. The fourth-order valence-corrected chi connectivity index (χ4v) is 3.62. The van der Waals surface area contributed by atoms with Crippen molar-refractivity contribution < 1.29 is 4.79 Å². The predicted octanol–water partition coefficient (Wildman–Crippen LogP) is 3.28. The second-order valence-electron chi connectivity index (χ2n) is 5.73. The van der Waals surface area contributed by atoms with Gasteiger partial charge in [-0.2, -0.15) is 5.10 Å². The second-order valence-corrected chi connectivity index (χ2v) is 6.59. The molecule has 4 rings (SSSR count). The molecule has 1 aliphatic carbocycles. The molecule has 0 radical (unpaired) electrons. The summed E-state index contributed by atoms with van der Waals surface area (Å²) in [5.74, 6) is -0.187. The SMILES string of the molecule is Cn1cc(C(=O)Nc2nc(-c3ccc4c(c3)CCC4)cs2)cn1. The number of nitrogens with one attached hydrogen (secondary N) is 1. The van der Waals surface area contributed by atoms with E-state index in [1.807, 2.05) is 5.38 Å². The molecule has 0 atom stereocenters. The Balaban J connectivity index is 1.54. The van der Waals surface area contributed by atoms with E-state index in [-0.39, 0.29) is 5.91 Å². The number of aryl methyl sites for hydroxylation is 3. The lowest BCUT2D eigenvalue weighted by Gasteiger charge is -2.02. The topological polar surface area (TPSA) is 59.8 Å². The van der Waals surface area contributed by atoms with Crippen molar-refractivity contribution in [3.8, 4) is 11.3 Å². The molecule has 5 nitrogen and oxygen atoms in total. The number of anilines is 1. The average molecular weight is 324 g/mol. The molecule has 3 aromatic rings. The van der Waals surface area contributed by atoms with E-state index in [1.54, 1.807) is 24.1 Å². The number of thiazole rings is 1. The molecule has 0 saturated heterocycles. The van der Waals surface area contributed by atoms with Crippen molar-refractivity contribution >= 4 is 22.4 Å². The average Bonchev–Trinajstić information content (AvgIpc) is 3.26. The van der Waals surface area contributed by atoms with Gasteiger partial charge in [-0.25, -0.2) is 4.98 Å². The molecule has 1 aromatic carbocycles. The van der Waals surface area contributed by atoms with Gasteiger partial charge in [-0.1, -0.05) is 12.1 Å². The van der Waals surface area contributed by atoms with E-state index >= 15 is 0 Å². The second kappa shape index (κ2) is 5.62. The first-order chi connectivity index (χ1) is 11.2. The Morgan fingerprint density at radius 3 is 3.00 bits per heavy atom. The smallest absolute Gasteiger partial charge is 0.260 e. The molecular weight excluding hydrogens is 308 g/mol. The van der Waals surface area contributed by atoms with Crippen LogP contribution in [0.25, 0.3) is 11.3 Å². The van der Waals surface area contributed by atoms with Crippen molar-refractivity contribution in [1.29, 1.82) is 0 Å². The maximum atomic E-state index is 12.1. The highest BCUT2D eigenvalue weighted by Crippen LogP contribution is 2.30. The van der Waals surface area contributed by atoms with Crippen LogP contribution in [0.3, 0.4) is 0 Å². The van der Waals surface area contributed by atoms with Gasteiger partial charge >= 0.3 is 0 Å². The number of aromatic nitrogens is 3. The van der Waals surface area contributed by atoms with Crippen molar-refractivity contribution in [1.82, 2.24) is 14.8 Å².